The second-order valence-corrected chi connectivity index (χ2v) is 7.14. The van der Waals surface area contributed by atoms with Gasteiger partial charge in [0, 0.05) is 0 Å². The molecule has 2 nitrogen and oxygen atoms in total. The van der Waals surface area contributed by atoms with Crippen LogP contribution >= 0.6 is 0 Å². The molecule has 0 spiro atoms. The van der Waals surface area contributed by atoms with Gasteiger partial charge in [-0.1, -0.05) is 29.7 Å². The minimum Gasteiger partial charge on any atom is -0.427 e. The Morgan fingerprint density at radius 2 is 1.73 bits per heavy atom. The van der Waals surface area contributed by atoms with Crippen molar-refractivity contribution in [2.24, 2.45) is 0 Å². The summed E-state index contributed by atoms with van der Waals surface area (Å²) in [6.45, 7) is 6.81. The third-order valence-corrected chi connectivity index (χ3v) is 4.85. The summed E-state index contributed by atoms with van der Waals surface area (Å²) in [7, 11) is 0.165. The molecule has 1 aliphatic carbocycles. The molecule has 122 valence electrons. The molecule has 0 bridgehead atoms. The number of halogens is 3. The molecule has 0 heterocycles. The first-order valence-electron chi connectivity index (χ1n) is 7.42. The van der Waals surface area contributed by atoms with Gasteiger partial charge in [0.15, 0.2) is 0 Å². The molecule has 0 aliphatic heterocycles. The largest absolute Gasteiger partial charge is 0.427 e. The first-order valence-corrected chi connectivity index (χ1v) is 7.42. The maximum absolute atomic E-state index is 13.2. The van der Waals surface area contributed by atoms with E-state index in [-0.39, 0.29) is 20.3 Å². The van der Waals surface area contributed by atoms with Crippen LogP contribution in [0.25, 0.3) is 0 Å². The van der Waals surface area contributed by atoms with Crippen LogP contribution in [0.1, 0.15) is 46.1 Å². The van der Waals surface area contributed by atoms with Gasteiger partial charge in [0.1, 0.15) is 0 Å². The van der Waals surface area contributed by atoms with Crippen molar-refractivity contribution in [3.8, 4) is 0 Å². The van der Waals surface area contributed by atoms with E-state index in [1.54, 1.807) is 45.9 Å². The lowest BCUT2D eigenvalue weighted by Crippen LogP contribution is -2.49. The predicted molar refractivity (Wildman–Crippen MR) is 81.7 cm³/mol. The van der Waals surface area contributed by atoms with E-state index in [9.17, 15) is 18.3 Å². The van der Waals surface area contributed by atoms with Crippen LogP contribution in [-0.2, 0) is 10.1 Å². The van der Waals surface area contributed by atoms with Crippen LogP contribution in [0.5, 0.6) is 0 Å². The number of benzene rings is 1. The molecule has 0 unspecified atom stereocenters. The van der Waals surface area contributed by atoms with Crippen LogP contribution in [0.2, 0.25) is 0 Å². The average Bonchev–Trinajstić information content (AvgIpc) is 3.16. The van der Waals surface area contributed by atoms with Gasteiger partial charge in [0.05, 0.1) is 16.6 Å². The maximum Gasteiger partial charge on any atom is 0.398 e. The minimum atomic E-state index is -4.21. The van der Waals surface area contributed by atoms with E-state index >= 15 is 0 Å². The summed E-state index contributed by atoms with van der Waals surface area (Å²) in [5.41, 5.74) is -2.53. The molecule has 1 aromatic carbocycles. The topological polar surface area (TPSA) is 29.5 Å². The van der Waals surface area contributed by atoms with E-state index in [1.807, 2.05) is 0 Å². The van der Waals surface area contributed by atoms with E-state index < -0.39 is 22.8 Å². The van der Waals surface area contributed by atoms with Crippen molar-refractivity contribution in [1.29, 1.82) is 0 Å². The molecular formula is C16H22BF3O2. The number of aliphatic hydroxyl groups is 1. The Morgan fingerprint density at radius 3 is 2.18 bits per heavy atom. The molecule has 1 aliphatic rings. The smallest absolute Gasteiger partial charge is 0.398 e. The van der Waals surface area contributed by atoms with Crippen LogP contribution in [0, 0.1) is 0 Å². The molecule has 1 N–H and O–H groups in total. The highest BCUT2D eigenvalue weighted by Crippen LogP contribution is 2.58. The highest BCUT2D eigenvalue weighted by molar-refractivity contribution is 6.47. The van der Waals surface area contributed by atoms with E-state index in [4.69, 9.17) is 4.65 Å². The Morgan fingerprint density at radius 1 is 1.14 bits per heavy atom. The summed E-state index contributed by atoms with van der Waals surface area (Å²) in [5.74, 6) is 0. The summed E-state index contributed by atoms with van der Waals surface area (Å²) in [6, 6.07) is 6.49. The minimum absolute atomic E-state index is 0.149. The van der Waals surface area contributed by atoms with Crippen molar-refractivity contribution in [3.63, 3.8) is 0 Å². The van der Waals surface area contributed by atoms with Crippen molar-refractivity contribution in [3.05, 3.63) is 29.8 Å². The molecule has 6 heteroatoms. The van der Waals surface area contributed by atoms with Crippen molar-refractivity contribution < 1.29 is 22.9 Å². The molecular weight excluding hydrogens is 292 g/mol. The summed E-state index contributed by atoms with van der Waals surface area (Å²) in [4.78, 5) is 0. The van der Waals surface area contributed by atoms with Crippen LogP contribution in [0.3, 0.4) is 0 Å². The molecule has 1 fully saturated rings. The Bertz CT molecular complexity index is 543. The van der Waals surface area contributed by atoms with E-state index in [0.717, 1.165) is 0 Å². The first kappa shape index (κ1) is 17.4. The molecule has 1 saturated carbocycles. The van der Waals surface area contributed by atoms with Crippen LogP contribution in [0.4, 0.5) is 13.2 Å². The van der Waals surface area contributed by atoms with E-state index in [0.29, 0.717) is 11.0 Å². The Hall–Kier alpha value is -1.01. The normalized spacial score (nSPS) is 18.2. The molecule has 0 radical (unpaired) electrons. The van der Waals surface area contributed by atoms with Gasteiger partial charge in [-0.15, -0.1) is 0 Å². The van der Waals surface area contributed by atoms with Crippen molar-refractivity contribution in [2.75, 3.05) is 0 Å². The quantitative estimate of drug-likeness (QED) is 0.847. The van der Waals surface area contributed by atoms with E-state index in [1.165, 1.54) is 6.07 Å². The second-order valence-electron chi connectivity index (χ2n) is 7.14. The van der Waals surface area contributed by atoms with Gasteiger partial charge in [-0.3, -0.25) is 0 Å². The van der Waals surface area contributed by atoms with Gasteiger partial charge >= 0.3 is 13.7 Å². The Balaban J connectivity index is 2.14. The lowest BCUT2D eigenvalue weighted by Gasteiger charge is -2.37. The molecule has 0 aromatic heterocycles. The van der Waals surface area contributed by atoms with Gasteiger partial charge in [-0.25, -0.2) is 0 Å². The van der Waals surface area contributed by atoms with Crippen molar-refractivity contribution >= 4 is 12.9 Å². The zero-order chi connectivity index (χ0) is 16.8. The number of hydrogen-bond donors (Lipinski definition) is 1. The van der Waals surface area contributed by atoms with Gasteiger partial charge in [-0.2, -0.15) is 13.2 Å². The van der Waals surface area contributed by atoms with Crippen LogP contribution < -0.4 is 5.46 Å². The second kappa shape index (κ2) is 5.27. The van der Waals surface area contributed by atoms with Gasteiger partial charge < -0.3 is 9.76 Å². The summed E-state index contributed by atoms with van der Waals surface area (Å²) < 4.78 is 45.3. The Labute approximate surface area is 130 Å². The van der Waals surface area contributed by atoms with Gasteiger partial charge in [0.25, 0.3) is 0 Å². The van der Waals surface area contributed by atoms with Crippen molar-refractivity contribution in [1.82, 2.24) is 0 Å². The third-order valence-electron chi connectivity index (χ3n) is 4.85. The lowest BCUT2D eigenvalue weighted by atomic mass is 9.80. The Kier molecular flexibility index (Phi) is 4.16. The number of alkyl halides is 3. The fourth-order valence-corrected chi connectivity index (χ4v) is 2.26. The summed E-state index contributed by atoms with van der Waals surface area (Å²) in [6.07, 6.45) is -3.91. The zero-order valence-electron chi connectivity index (χ0n) is 13.4. The van der Waals surface area contributed by atoms with Crippen molar-refractivity contribution in [2.45, 2.75) is 63.3 Å². The third kappa shape index (κ3) is 3.18. The molecule has 2 rings (SSSR count). The highest BCUT2D eigenvalue weighted by Gasteiger charge is 2.64. The summed E-state index contributed by atoms with van der Waals surface area (Å²) >= 11 is 0. The molecule has 1 aromatic rings. The van der Waals surface area contributed by atoms with E-state index in [2.05, 4.69) is 0 Å². The van der Waals surface area contributed by atoms with Crippen LogP contribution in [0.15, 0.2) is 24.3 Å². The fourth-order valence-electron chi connectivity index (χ4n) is 2.26. The number of hydrogen-bond acceptors (Lipinski definition) is 2. The van der Waals surface area contributed by atoms with Crippen LogP contribution in [-0.4, -0.2) is 30.0 Å². The monoisotopic (exact) mass is 314 g/mol. The highest BCUT2D eigenvalue weighted by atomic mass is 19.4. The average molecular weight is 314 g/mol. The summed E-state index contributed by atoms with van der Waals surface area (Å²) in [5, 5.41) is 10.1. The zero-order valence-corrected chi connectivity index (χ0v) is 13.4. The van der Waals surface area contributed by atoms with Gasteiger partial charge in [-0.05, 0) is 46.1 Å². The number of rotatable bonds is 5. The maximum atomic E-state index is 13.2. The molecule has 0 amide bonds. The standard InChI is InChI=1S/C16H22BF3O2/c1-13(2,21)14(3,4)22-17-12-7-5-6-11(10-12)15(8-9-15)16(18,19)20/h5-7,10,17,21H,8-9H2,1-4H3. The van der Waals surface area contributed by atoms with Gasteiger partial charge in [0.2, 0.25) is 0 Å². The lowest BCUT2D eigenvalue weighted by molar-refractivity contribution is -0.160. The SMILES string of the molecule is CC(C)(O)C(C)(C)OBc1cccc(C2(C(F)(F)F)CC2)c1. The fraction of sp³-hybridized carbons (Fsp3) is 0.625. The molecule has 0 atom stereocenters. The molecule has 22 heavy (non-hydrogen) atoms. The predicted octanol–water partition coefficient (Wildman–Crippen LogP) is 2.82. The molecule has 0 saturated heterocycles. The first-order chi connectivity index (χ1) is 9.89.